The Hall–Kier alpha value is -1.69. The maximum absolute atomic E-state index is 14.0. The van der Waals surface area contributed by atoms with Crippen LogP contribution in [0.3, 0.4) is 0 Å². The number of nitrogens with one attached hydrogen (secondary N) is 1. The number of rotatable bonds is 3. The Bertz CT molecular complexity index is 649. The zero-order valence-corrected chi connectivity index (χ0v) is 15.0. The maximum atomic E-state index is 14.0. The molecule has 3 N–H and O–H groups in total. The van der Waals surface area contributed by atoms with Crippen LogP contribution in [-0.2, 0) is 4.79 Å². The van der Waals surface area contributed by atoms with Crippen molar-refractivity contribution in [3.8, 4) is 0 Å². The molecular weight excluding hydrogens is 336 g/mol. The molecule has 3 unspecified atom stereocenters. The van der Waals surface area contributed by atoms with Gasteiger partial charge in [-0.3, -0.25) is 4.79 Å². The molecule has 2 saturated carbocycles. The van der Waals surface area contributed by atoms with Gasteiger partial charge in [-0.2, -0.15) is 0 Å². The van der Waals surface area contributed by atoms with E-state index in [0.29, 0.717) is 31.3 Å². The Morgan fingerprint density at radius 3 is 2.42 bits per heavy atom. The van der Waals surface area contributed by atoms with E-state index in [2.05, 4.69) is 5.32 Å². The monoisotopic (exact) mass is 363 g/mol. The van der Waals surface area contributed by atoms with Crippen LogP contribution in [0, 0.1) is 29.4 Å². The summed E-state index contributed by atoms with van der Waals surface area (Å²) < 4.78 is 27.9. The fraction of sp³-hybridized carbons (Fsp3) is 0.650. The van der Waals surface area contributed by atoms with Crippen LogP contribution >= 0.6 is 0 Å². The normalized spacial score (nSPS) is 34.0. The van der Waals surface area contributed by atoms with E-state index in [-0.39, 0.29) is 29.6 Å². The van der Waals surface area contributed by atoms with E-state index in [1.165, 1.54) is 24.6 Å². The molecule has 4 rings (SSSR count). The zero-order valence-electron chi connectivity index (χ0n) is 15.0. The molecule has 1 aromatic carbocycles. The van der Waals surface area contributed by atoms with Crippen LogP contribution < -0.4 is 16.0 Å². The van der Waals surface area contributed by atoms with Crippen molar-refractivity contribution in [2.75, 3.05) is 18.0 Å². The van der Waals surface area contributed by atoms with Gasteiger partial charge in [0.2, 0.25) is 5.91 Å². The van der Waals surface area contributed by atoms with Gasteiger partial charge in [0.25, 0.3) is 0 Å². The second kappa shape index (κ2) is 7.14. The highest BCUT2D eigenvalue weighted by Gasteiger charge is 2.41. The molecule has 142 valence electrons. The third-order valence-electron chi connectivity index (χ3n) is 6.57. The van der Waals surface area contributed by atoms with Crippen molar-refractivity contribution in [2.24, 2.45) is 23.5 Å². The van der Waals surface area contributed by atoms with Gasteiger partial charge in [-0.15, -0.1) is 0 Å². The molecule has 2 aliphatic carbocycles. The molecule has 1 saturated heterocycles. The molecule has 3 aliphatic rings. The third-order valence-corrected chi connectivity index (χ3v) is 6.57. The van der Waals surface area contributed by atoms with E-state index in [4.69, 9.17) is 5.73 Å². The summed E-state index contributed by atoms with van der Waals surface area (Å²) in [6.07, 6.45) is 5.95. The van der Waals surface area contributed by atoms with Gasteiger partial charge in [0.15, 0.2) is 0 Å². The molecule has 1 amide bonds. The van der Waals surface area contributed by atoms with E-state index >= 15 is 0 Å². The topological polar surface area (TPSA) is 58.4 Å². The van der Waals surface area contributed by atoms with Crippen molar-refractivity contribution in [2.45, 2.75) is 50.6 Å². The second-order valence-corrected chi connectivity index (χ2v) is 8.21. The summed E-state index contributed by atoms with van der Waals surface area (Å²) in [6.45, 7) is 0.992. The first kappa shape index (κ1) is 17.7. The van der Waals surface area contributed by atoms with E-state index in [1.54, 1.807) is 4.90 Å². The number of amides is 1. The number of benzene rings is 1. The fourth-order valence-corrected chi connectivity index (χ4v) is 5.19. The number of fused-ring (bicyclic) bond motifs is 2. The van der Waals surface area contributed by atoms with Gasteiger partial charge >= 0.3 is 0 Å². The summed E-state index contributed by atoms with van der Waals surface area (Å²) in [5.74, 6) is -0.0483. The molecule has 26 heavy (non-hydrogen) atoms. The van der Waals surface area contributed by atoms with Crippen LogP contribution in [-0.4, -0.2) is 31.1 Å². The summed E-state index contributed by atoms with van der Waals surface area (Å²) in [7, 11) is 0. The number of carbonyl (C=O) groups is 1. The molecule has 2 bridgehead atoms. The van der Waals surface area contributed by atoms with E-state index in [1.807, 2.05) is 0 Å². The Labute approximate surface area is 153 Å². The number of hydrogen-bond donors (Lipinski definition) is 2. The SMILES string of the molecule is NC1C2CCCC1CC(C(=O)NC1CCN(c3c(F)cccc3F)C1)C2. The predicted octanol–water partition coefficient (Wildman–Crippen LogP) is 2.81. The lowest BCUT2D eigenvalue weighted by molar-refractivity contribution is -0.128. The molecule has 4 nitrogen and oxygen atoms in total. The van der Waals surface area contributed by atoms with Crippen molar-refractivity contribution < 1.29 is 13.6 Å². The van der Waals surface area contributed by atoms with Crippen LogP contribution in [0.15, 0.2) is 18.2 Å². The van der Waals surface area contributed by atoms with Crippen molar-refractivity contribution in [1.29, 1.82) is 0 Å². The Morgan fingerprint density at radius 2 is 1.77 bits per heavy atom. The first-order valence-electron chi connectivity index (χ1n) is 9.78. The Morgan fingerprint density at radius 1 is 1.12 bits per heavy atom. The molecule has 3 atom stereocenters. The van der Waals surface area contributed by atoms with Gasteiger partial charge in [-0.05, 0) is 56.1 Å². The molecule has 6 heteroatoms. The minimum absolute atomic E-state index is 0.0161. The van der Waals surface area contributed by atoms with Crippen molar-refractivity contribution in [3.05, 3.63) is 29.8 Å². The van der Waals surface area contributed by atoms with Crippen LogP contribution in [0.2, 0.25) is 0 Å². The van der Waals surface area contributed by atoms with Crippen molar-refractivity contribution in [1.82, 2.24) is 5.32 Å². The molecule has 0 radical (unpaired) electrons. The summed E-state index contributed by atoms with van der Waals surface area (Å²) >= 11 is 0. The number of carbonyl (C=O) groups excluding carboxylic acids is 1. The highest BCUT2D eigenvalue weighted by Crippen LogP contribution is 2.42. The van der Waals surface area contributed by atoms with E-state index in [0.717, 1.165) is 25.7 Å². The largest absolute Gasteiger partial charge is 0.365 e. The molecular formula is C20H27F2N3O. The first-order chi connectivity index (χ1) is 12.5. The average Bonchev–Trinajstić information content (AvgIpc) is 3.02. The Kier molecular flexibility index (Phi) is 4.86. The third kappa shape index (κ3) is 3.31. The standard InChI is InChI=1S/C20H27F2N3O/c21-16-5-2-6-17(22)19(16)25-8-7-15(11-25)24-20(26)14-9-12-3-1-4-13(10-14)18(12)23/h2,5-6,12-15,18H,1,3-4,7-11,23H2,(H,24,26). The second-order valence-electron chi connectivity index (χ2n) is 8.21. The van der Waals surface area contributed by atoms with Crippen LogP contribution in [0.1, 0.15) is 38.5 Å². The molecule has 1 heterocycles. The van der Waals surface area contributed by atoms with Gasteiger partial charge < -0.3 is 16.0 Å². The molecule has 0 aromatic heterocycles. The number of anilines is 1. The van der Waals surface area contributed by atoms with Crippen LogP contribution in [0.4, 0.5) is 14.5 Å². The van der Waals surface area contributed by atoms with Crippen molar-refractivity contribution >= 4 is 11.6 Å². The maximum Gasteiger partial charge on any atom is 0.223 e. The van der Waals surface area contributed by atoms with Gasteiger partial charge in [-0.25, -0.2) is 8.78 Å². The predicted molar refractivity (Wildman–Crippen MR) is 96.6 cm³/mol. The zero-order chi connectivity index (χ0) is 18.3. The number of halogens is 2. The van der Waals surface area contributed by atoms with Gasteiger partial charge in [-0.1, -0.05) is 12.5 Å². The smallest absolute Gasteiger partial charge is 0.223 e. The lowest BCUT2D eigenvalue weighted by Gasteiger charge is -2.43. The van der Waals surface area contributed by atoms with Gasteiger partial charge in [0, 0.05) is 31.1 Å². The van der Waals surface area contributed by atoms with Crippen molar-refractivity contribution in [3.63, 3.8) is 0 Å². The van der Waals surface area contributed by atoms with Crippen LogP contribution in [0.5, 0.6) is 0 Å². The van der Waals surface area contributed by atoms with Gasteiger partial charge in [0.1, 0.15) is 17.3 Å². The minimum atomic E-state index is -0.550. The molecule has 0 spiro atoms. The number of nitrogens with zero attached hydrogens (tertiary/aromatic N) is 1. The summed E-state index contributed by atoms with van der Waals surface area (Å²) in [4.78, 5) is 14.4. The number of nitrogens with two attached hydrogens (primary N) is 1. The quantitative estimate of drug-likeness (QED) is 0.868. The number of para-hydroxylation sites is 1. The fourth-order valence-electron chi connectivity index (χ4n) is 5.19. The van der Waals surface area contributed by atoms with Crippen LogP contribution in [0.25, 0.3) is 0 Å². The van der Waals surface area contributed by atoms with Gasteiger partial charge in [0.05, 0.1) is 0 Å². The molecule has 1 aromatic rings. The lowest BCUT2D eigenvalue weighted by atomic mass is 9.65. The lowest BCUT2D eigenvalue weighted by Crippen LogP contribution is -2.50. The first-order valence-corrected chi connectivity index (χ1v) is 9.78. The highest BCUT2D eigenvalue weighted by atomic mass is 19.1. The molecule has 3 fully saturated rings. The summed E-state index contributed by atoms with van der Waals surface area (Å²) in [5.41, 5.74) is 6.33. The Balaban J connectivity index is 1.36. The summed E-state index contributed by atoms with van der Waals surface area (Å²) in [5, 5.41) is 3.13. The summed E-state index contributed by atoms with van der Waals surface area (Å²) in [6, 6.07) is 4.10. The highest BCUT2D eigenvalue weighted by molar-refractivity contribution is 5.79. The van der Waals surface area contributed by atoms with E-state index < -0.39 is 11.6 Å². The molecule has 1 aliphatic heterocycles. The number of hydrogen-bond acceptors (Lipinski definition) is 3. The average molecular weight is 363 g/mol. The minimum Gasteiger partial charge on any atom is -0.365 e. The van der Waals surface area contributed by atoms with E-state index in [9.17, 15) is 13.6 Å².